The predicted molar refractivity (Wildman–Crippen MR) is 124 cm³/mol. The van der Waals surface area contributed by atoms with Crippen molar-refractivity contribution in [2.24, 2.45) is 5.92 Å². The quantitative estimate of drug-likeness (QED) is 0.589. The van der Waals surface area contributed by atoms with Gasteiger partial charge in [0.05, 0.1) is 11.1 Å². The lowest BCUT2D eigenvalue weighted by molar-refractivity contribution is -0.137. The molecule has 0 spiro atoms. The van der Waals surface area contributed by atoms with E-state index in [2.05, 4.69) is 9.88 Å². The number of hydrogen-bond acceptors (Lipinski definition) is 3. The maximum atomic E-state index is 12.9. The van der Waals surface area contributed by atoms with Crippen LogP contribution >= 0.6 is 0 Å². The van der Waals surface area contributed by atoms with Crippen LogP contribution in [0.5, 0.6) is 0 Å². The lowest BCUT2D eigenvalue weighted by Gasteiger charge is -2.21. The van der Waals surface area contributed by atoms with Crippen molar-refractivity contribution in [3.8, 4) is 11.1 Å². The van der Waals surface area contributed by atoms with Gasteiger partial charge in [0.2, 0.25) is 0 Å². The van der Waals surface area contributed by atoms with Crippen LogP contribution in [0.15, 0.2) is 64.3 Å². The third kappa shape index (κ3) is 4.11. The van der Waals surface area contributed by atoms with Gasteiger partial charge in [-0.3, -0.25) is 14.3 Å². The zero-order valence-electron chi connectivity index (χ0n) is 18.9. The van der Waals surface area contributed by atoms with Gasteiger partial charge in [-0.25, -0.2) is 4.79 Å². The summed E-state index contributed by atoms with van der Waals surface area (Å²) in [5, 5.41) is 0. The zero-order valence-corrected chi connectivity index (χ0v) is 18.9. The lowest BCUT2D eigenvalue weighted by Crippen LogP contribution is -2.32. The zero-order chi connectivity index (χ0) is 24.1. The molecule has 8 heteroatoms. The van der Waals surface area contributed by atoms with E-state index in [1.165, 1.54) is 12.1 Å². The van der Waals surface area contributed by atoms with Crippen molar-refractivity contribution in [2.45, 2.75) is 37.9 Å². The molecule has 1 saturated heterocycles. The molecule has 2 atom stereocenters. The number of aryl methyl sites for hydroxylation is 2. The average molecular weight is 470 g/mol. The number of aromatic nitrogens is 2. The second kappa shape index (κ2) is 8.27. The Morgan fingerprint density at radius 2 is 1.76 bits per heavy atom. The second-order valence-corrected chi connectivity index (χ2v) is 9.53. The summed E-state index contributed by atoms with van der Waals surface area (Å²) >= 11 is 0. The molecule has 1 aliphatic carbocycles. The molecule has 1 aromatic heterocycles. The summed E-state index contributed by atoms with van der Waals surface area (Å²) in [6.45, 7) is 4.91. The minimum atomic E-state index is -4.32. The van der Waals surface area contributed by atoms with E-state index < -0.39 is 23.0 Å². The maximum absolute atomic E-state index is 12.9. The number of fused-ring (bicyclic) bond motifs is 1. The Hall–Kier alpha value is -3.13. The summed E-state index contributed by atoms with van der Waals surface area (Å²) in [5.41, 5.74) is 1.74. The van der Waals surface area contributed by atoms with Crippen molar-refractivity contribution in [1.29, 1.82) is 0 Å². The van der Waals surface area contributed by atoms with Crippen LogP contribution in [-0.4, -0.2) is 34.1 Å². The van der Waals surface area contributed by atoms with Gasteiger partial charge in [-0.15, -0.1) is 0 Å². The first-order valence-corrected chi connectivity index (χ1v) is 11.5. The molecule has 0 bridgehead atoms. The van der Waals surface area contributed by atoms with Crippen LogP contribution < -0.4 is 11.2 Å². The highest BCUT2D eigenvalue weighted by molar-refractivity contribution is 5.65. The number of nitrogens with one attached hydrogen (secondary N) is 1. The minimum absolute atomic E-state index is 0.0447. The number of likely N-dealkylation sites (tertiary alicyclic amines) is 1. The van der Waals surface area contributed by atoms with Crippen molar-refractivity contribution in [3.63, 3.8) is 0 Å². The molecule has 1 N–H and O–H groups in total. The molecule has 1 saturated carbocycles. The molecule has 2 unspecified atom stereocenters. The Bertz CT molecular complexity index is 1330. The molecule has 5 rings (SSSR count). The van der Waals surface area contributed by atoms with Crippen molar-refractivity contribution < 1.29 is 13.2 Å². The van der Waals surface area contributed by atoms with Gasteiger partial charge in [0.15, 0.2) is 0 Å². The van der Waals surface area contributed by atoms with Crippen molar-refractivity contribution >= 4 is 0 Å². The first-order chi connectivity index (χ1) is 16.2. The van der Waals surface area contributed by atoms with Crippen LogP contribution in [0.4, 0.5) is 13.2 Å². The van der Waals surface area contributed by atoms with Gasteiger partial charge in [-0.2, -0.15) is 13.2 Å². The first-order valence-electron chi connectivity index (χ1n) is 11.5. The van der Waals surface area contributed by atoms with E-state index in [-0.39, 0.29) is 5.41 Å². The Kier molecular flexibility index (Phi) is 5.51. The number of halogens is 3. The fraction of sp³-hybridized carbons (Fsp3) is 0.385. The number of hydrogen-bond donors (Lipinski definition) is 1. The van der Waals surface area contributed by atoms with Crippen molar-refractivity contribution in [3.05, 3.63) is 92.3 Å². The van der Waals surface area contributed by atoms with Crippen LogP contribution in [0, 0.1) is 12.8 Å². The number of H-pyrrole nitrogens is 1. The van der Waals surface area contributed by atoms with Gasteiger partial charge >= 0.3 is 11.9 Å². The van der Waals surface area contributed by atoms with Gasteiger partial charge < -0.3 is 4.90 Å². The van der Waals surface area contributed by atoms with Crippen LogP contribution in [-0.2, 0) is 18.1 Å². The topological polar surface area (TPSA) is 58.1 Å². The van der Waals surface area contributed by atoms with Crippen molar-refractivity contribution in [1.82, 2.24) is 14.5 Å². The summed E-state index contributed by atoms with van der Waals surface area (Å²) in [5.74, 6) is 0.465. The Morgan fingerprint density at radius 3 is 2.47 bits per heavy atom. The summed E-state index contributed by atoms with van der Waals surface area (Å²) < 4.78 is 40.2. The maximum Gasteiger partial charge on any atom is 0.416 e. The molecule has 2 heterocycles. The highest BCUT2D eigenvalue weighted by Gasteiger charge is 2.60. The third-order valence-corrected chi connectivity index (χ3v) is 7.32. The molecular weight excluding hydrogens is 443 g/mol. The Morgan fingerprint density at radius 1 is 1.03 bits per heavy atom. The molecule has 0 amide bonds. The number of rotatable bonds is 6. The van der Waals surface area contributed by atoms with Crippen molar-refractivity contribution in [2.75, 3.05) is 19.6 Å². The summed E-state index contributed by atoms with van der Waals surface area (Å²) in [6, 6.07) is 13.2. The number of piperidine rings is 1. The summed E-state index contributed by atoms with van der Waals surface area (Å²) in [7, 11) is 0. The van der Waals surface area contributed by atoms with E-state index in [1.807, 2.05) is 31.2 Å². The van der Waals surface area contributed by atoms with Gasteiger partial charge in [0.25, 0.3) is 5.56 Å². The molecule has 5 nitrogen and oxygen atoms in total. The average Bonchev–Trinajstić information content (AvgIpc) is 3.37. The number of benzene rings is 2. The normalized spacial score (nSPS) is 22.1. The van der Waals surface area contributed by atoms with Gasteiger partial charge in [-0.1, -0.05) is 36.4 Å². The molecule has 2 aliphatic rings. The minimum Gasteiger partial charge on any atom is -0.302 e. The highest BCUT2D eigenvalue weighted by atomic mass is 19.4. The van der Waals surface area contributed by atoms with E-state index in [0.717, 1.165) is 49.2 Å². The number of aromatic amines is 1. The molecule has 0 radical (unpaired) electrons. The lowest BCUT2D eigenvalue weighted by atomic mass is 9.94. The number of nitrogens with zero attached hydrogens (tertiary/aromatic N) is 2. The van der Waals surface area contributed by atoms with Crippen LogP contribution in [0.25, 0.3) is 11.1 Å². The SMILES string of the molecule is Cc1ccccc1-c1cn(CCCN2CC3CC3(c3ccc(C(F)(F)F)cc3)C2)c(=O)[nH]c1=O. The summed E-state index contributed by atoms with van der Waals surface area (Å²) in [6.07, 6.45) is -0.947. The van der Waals surface area contributed by atoms with Gasteiger partial charge in [-0.05, 0) is 61.1 Å². The van der Waals surface area contributed by atoms with E-state index in [4.69, 9.17) is 0 Å². The highest BCUT2D eigenvalue weighted by Crippen LogP contribution is 2.59. The largest absolute Gasteiger partial charge is 0.416 e. The predicted octanol–water partition coefficient (Wildman–Crippen LogP) is 4.19. The van der Waals surface area contributed by atoms with E-state index in [1.54, 1.807) is 22.9 Å². The first kappa shape index (κ1) is 22.7. The molecule has 3 aromatic rings. The van der Waals surface area contributed by atoms with E-state index in [0.29, 0.717) is 18.0 Å². The monoisotopic (exact) mass is 469 g/mol. The third-order valence-electron chi connectivity index (χ3n) is 7.32. The second-order valence-electron chi connectivity index (χ2n) is 9.53. The van der Waals surface area contributed by atoms with Crippen LogP contribution in [0.3, 0.4) is 0 Å². The van der Waals surface area contributed by atoms with E-state index in [9.17, 15) is 22.8 Å². The molecule has 2 fully saturated rings. The number of alkyl halides is 3. The molecule has 1 aliphatic heterocycles. The summed E-state index contributed by atoms with van der Waals surface area (Å²) in [4.78, 5) is 29.5. The van der Waals surface area contributed by atoms with Crippen LogP contribution in [0.2, 0.25) is 0 Å². The fourth-order valence-electron chi connectivity index (χ4n) is 5.40. The molecular formula is C26H26F3N3O2. The van der Waals surface area contributed by atoms with E-state index >= 15 is 0 Å². The van der Waals surface area contributed by atoms with Gasteiger partial charge in [0, 0.05) is 31.2 Å². The standard InChI is InChI=1S/C26H26F3N3O2/c1-17-5-2-3-6-21(17)22-15-32(24(34)30-23(22)33)12-4-11-31-14-20-13-25(20,16-31)18-7-9-19(10-8-18)26(27,28)29/h2-3,5-10,15,20H,4,11-14,16H2,1H3,(H,30,33,34). The smallest absolute Gasteiger partial charge is 0.302 e. The molecule has 178 valence electrons. The van der Waals surface area contributed by atoms with Gasteiger partial charge in [0.1, 0.15) is 0 Å². The Balaban J connectivity index is 1.23. The van der Waals surface area contributed by atoms with Crippen LogP contribution in [0.1, 0.15) is 29.5 Å². The fourth-order valence-corrected chi connectivity index (χ4v) is 5.40. The Labute approximate surface area is 194 Å². The molecule has 34 heavy (non-hydrogen) atoms. The molecule has 2 aromatic carbocycles.